The lowest BCUT2D eigenvalue weighted by molar-refractivity contribution is -0.147. The molecule has 1 aromatic carbocycles. The number of amides is 2. The van der Waals surface area contributed by atoms with E-state index in [9.17, 15) is 9.59 Å². The Morgan fingerprint density at radius 1 is 1.17 bits per heavy atom. The standard InChI is InChI=1S/C23H28N4O2/c1-26(2)22(29)23(10-5-11-27(15-23)21(28)17-8-9-17)12-18-6-3-4-7-20(18)19-13-24-16-25-14-19/h3-4,6-7,13-14,16-17H,5,8-12,15H2,1-2H3/t23-/m1/s1. The number of piperidine rings is 1. The van der Waals surface area contributed by atoms with Crippen LogP contribution >= 0.6 is 0 Å². The van der Waals surface area contributed by atoms with Crippen molar-refractivity contribution in [1.29, 1.82) is 0 Å². The molecule has 0 radical (unpaired) electrons. The highest BCUT2D eigenvalue weighted by Crippen LogP contribution is 2.40. The molecule has 29 heavy (non-hydrogen) atoms. The van der Waals surface area contributed by atoms with Crippen molar-refractivity contribution in [3.8, 4) is 11.1 Å². The third-order valence-electron chi connectivity index (χ3n) is 6.09. The quantitative estimate of drug-likeness (QED) is 0.785. The predicted molar refractivity (Wildman–Crippen MR) is 111 cm³/mol. The maximum absolute atomic E-state index is 13.4. The maximum atomic E-state index is 13.4. The molecule has 1 aromatic heterocycles. The molecule has 2 fully saturated rings. The third kappa shape index (κ3) is 4.02. The van der Waals surface area contributed by atoms with Crippen LogP contribution in [-0.4, -0.2) is 58.8 Å². The molecule has 0 bridgehead atoms. The van der Waals surface area contributed by atoms with Gasteiger partial charge in [0.25, 0.3) is 0 Å². The fraction of sp³-hybridized carbons (Fsp3) is 0.478. The summed E-state index contributed by atoms with van der Waals surface area (Å²) in [4.78, 5) is 38.1. The summed E-state index contributed by atoms with van der Waals surface area (Å²) in [6, 6.07) is 8.13. The number of hydrogen-bond acceptors (Lipinski definition) is 4. The van der Waals surface area contributed by atoms with Crippen molar-refractivity contribution in [2.45, 2.75) is 32.1 Å². The molecule has 1 saturated heterocycles. The van der Waals surface area contributed by atoms with Crippen molar-refractivity contribution in [2.75, 3.05) is 27.2 Å². The first-order valence-electron chi connectivity index (χ1n) is 10.3. The molecule has 1 saturated carbocycles. The summed E-state index contributed by atoms with van der Waals surface area (Å²) < 4.78 is 0. The highest BCUT2D eigenvalue weighted by Gasteiger charge is 2.46. The lowest BCUT2D eigenvalue weighted by Crippen LogP contribution is -2.54. The van der Waals surface area contributed by atoms with E-state index in [1.165, 1.54) is 6.33 Å². The van der Waals surface area contributed by atoms with Crippen molar-refractivity contribution in [1.82, 2.24) is 19.8 Å². The Labute approximate surface area is 172 Å². The summed E-state index contributed by atoms with van der Waals surface area (Å²) in [7, 11) is 3.62. The van der Waals surface area contributed by atoms with E-state index >= 15 is 0 Å². The average molecular weight is 393 g/mol. The molecule has 4 rings (SSSR count). The second kappa shape index (κ2) is 7.93. The Morgan fingerprint density at radius 2 is 1.90 bits per heavy atom. The molecule has 1 atom stereocenters. The van der Waals surface area contributed by atoms with Gasteiger partial charge in [0, 0.05) is 51.1 Å². The molecular weight excluding hydrogens is 364 g/mol. The number of carbonyl (C=O) groups excluding carboxylic acids is 2. The second-order valence-corrected chi connectivity index (χ2v) is 8.58. The largest absolute Gasteiger partial charge is 0.348 e. The minimum Gasteiger partial charge on any atom is -0.348 e. The highest BCUT2D eigenvalue weighted by molar-refractivity contribution is 5.86. The van der Waals surface area contributed by atoms with Gasteiger partial charge in [0.1, 0.15) is 6.33 Å². The topological polar surface area (TPSA) is 66.4 Å². The Morgan fingerprint density at radius 3 is 2.59 bits per heavy atom. The van der Waals surface area contributed by atoms with Gasteiger partial charge in [-0.3, -0.25) is 9.59 Å². The number of benzene rings is 1. The van der Waals surface area contributed by atoms with Gasteiger partial charge in [-0.25, -0.2) is 9.97 Å². The van der Waals surface area contributed by atoms with Crippen LogP contribution in [0.4, 0.5) is 0 Å². The number of rotatable bonds is 5. The zero-order chi connectivity index (χ0) is 20.4. The predicted octanol–water partition coefficient (Wildman–Crippen LogP) is 2.79. The van der Waals surface area contributed by atoms with Crippen LogP contribution in [0.5, 0.6) is 0 Å². The molecule has 1 aliphatic heterocycles. The number of nitrogens with zero attached hydrogens (tertiary/aromatic N) is 4. The summed E-state index contributed by atoms with van der Waals surface area (Å²) in [5.41, 5.74) is 2.48. The first-order valence-corrected chi connectivity index (χ1v) is 10.3. The maximum Gasteiger partial charge on any atom is 0.230 e. The number of likely N-dealkylation sites (tertiary alicyclic amines) is 1. The van der Waals surface area contributed by atoms with Crippen LogP contribution in [0, 0.1) is 11.3 Å². The summed E-state index contributed by atoms with van der Waals surface area (Å²) in [5, 5.41) is 0. The fourth-order valence-electron chi connectivity index (χ4n) is 4.54. The van der Waals surface area contributed by atoms with Crippen LogP contribution in [0.15, 0.2) is 43.0 Å². The number of aromatic nitrogens is 2. The smallest absolute Gasteiger partial charge is 0.230 e. The van der Waals surface area contributed by atoms with Crippen molar-refractivity contribution < 1.29 is 9.59 Å². The summed E-state index contributed by atoms with van der Waals surface area (Å²) in [6.45, 7) is 1.25. The molecule has 1 aliphatic carbocycles. The van der Waals surface area contributed by atoms with E-state index in [1.807, 2.05) is 31.1 Å². The van der Waals surface area contributed by atoms with Crippen LogP contribution < -0.4 is 0 Å². The van der Waals surface area contributed by atoms with Crippen molar-refractivity contribution in [3.05, 3.63) is 48.5 Å². The summed E-state index contributed by atoms with van der Waals surface area (Å²) >= 11 is 0. The molecule has 2 aromatic rings. The van der Waals surface area contributed by atoms with Crippen LogP contribution in [0.1, 0.15) is 31.2 Å². The number of carbonyl (C=O) groups is 2. The molecule has 6 heteroatoms. The van der Waals surface area contributed by atoms with Crippen LogP contribution in [0.25, 0.3) is 11.1 Å². The van der Waals surface area contributed by atoms with Crippen molar-refractivity contribution in [2.24, 2.45) is 11.3 Å². The van der Waals surface area contributed by atoms with Gasteiger partial charge in [-0.05, 0) is 43.2 Å². The Hall–Kier alpha value is -2.76. The minimum absolute atomic E-state index is 0.102. The van der Waals surface area contributed by atoms with E-state index in [-0.39, 0.29) is 17.7 Å². The van der Waals surface area contributed by atoms with E-state index in [1.54, 1.807) is 17.3 Å². The summed E-state index contributed by atoms with van der Waals surface area (Å²) in [6.07, 6.45) is 9.34. The normalized spacial score (nSPS) is 21.7. The van der Waals surface area contributed by atoms with E-state index < -0.39 is 5.41 Å². The zero-order valence-corrected chi connectivity index (χ0v) is 17.2. The van der Waals surface area contributed by atoms with Crippen LogP contribution in [0.3, 0.4) is 0 Å². The molecule has 0 N–H and O–H groups in total. The van der Waals surface area contributed by atoms with Gasteiger partial charge in [0.2, 0.25) is 11.8 Å². The molecule has 2 heterocycles. The van der Waals surface area contributed by atoms with E-state index in [2.05, 4.69) is 22.1 Å². The van der Waals surface area contributed by atoms with E-state index in [0.717, 1.165) is 48.9 Å². The SMILES string of the molecule is CN(C)C(=O)[C@@]1(Cc2ccccc2-c2cncnc2)CCCN(C(=O)C2CC2)C1. The zero-order valence-electron chi connectivity index (χ0n) is 17.2. The monoisotopic (exact) mass is 392 g/mol. The van der Waals surface area contributed by atoms with Crippen molar-refractivity contribution >= 4 is 11.8 Å². The average Bonchev–Trinajstić information content (AvgIpc) is 3.59. The first kappa shape index (κ1) is 19.6. The van der Waals surface area contributed by atoms with Gasteiger partial charge < -0.3 is 9.80 Å². The van der Waals surface area contributed by atoms with Gasteiger partial charge in [0.05, 0.1) is 5.41 Å². The molecule has 2 aliphatic rings. The molecule has 0 unspecified atom stereocenters. The lowest BCUT2D eigenvalue weighted by Gasteiger charge is -2.43. The van der Waals surface area contributed by atoms with Crippen LogP contribution in [0.2, 0.25) is 0 Å². The third-order valence-corrected chi connectivity index (χ3v) is 6.09. The number of hydrogen-bond donors (Lipinski definition) is 0. The van der Waals surface area contributed by atoms with Gasteiger partial charge in [0.15, 0.2) is 0 Å². The Bertz CT molecular complexity index is 895. The first-order chi connectivity index (χ1) is 14.0. The van der Waals surface area contributed by atoms with Crippen molar-refractivity contribution in [3.63, 3.8) is 0 Å². The van der Waals surface area contributed by atoms with Gasteiger partial charge in [-0.15, -0.1) is 0 Å². The fourth-order valence-corrected chi connectivity index (χ4v) is 4.54. The minimum atomic E-state index is -0.599. The highest BCUT2D eigenvalue weighted by atomic mass is 16.2. The van der Waals surface area contributed by atoms with E-state index in [4.69, 9.17) is 0 Å². The lowest BCUT2D eigenvalue weighted by atomic mass is 9.73. The molecule has 0 spiro atoms. The molecule has 152 valence electrons. The molecule has 2 amide bonds. The second-order valence-electron chi connectivity index (χ2n) is 8.58. The van der Waals surface area contributed by atoms with Gasteiger partial charge in [-0.2, -0.15) is 0 Å². The molecular formula is C23H28N4O2. The Balaban J connectivity index is 1.69. The Kier molecular flexibility index (Phi) is 5.35. The van der Waals surface area contributed by atoms with Gasteiger partial charge in [-0.1, -0.05) is 24.3 Å². The van der Waals surface area contributed by atoms with Gasteiger partial charge >= 0.3 is 0 Å². The van der Waals surface area contributed by atoms with Crippen LogP contribution in [-0.2, 0) is 16.0 Å². The van der Waals surface area contributed by atoms with E-state index in [0.29, 0.717) is 13.0 Å². The summed E-state index contributed by atoms with van der Waals surface area (Å²) in [5.74, 6) is 0.504. The molecule has 6 nitrogen and oxygen atoms in total.